The van der Waals surface area contributed by atoms with Crippen molar-refractivity contribution >= 4 is 30.0 Å². The summed E-state index contributed by atoms with van der Waals surface area (Å²) in [4.78, 5) is 66.2. The van der Waals surface area contributed by atoms with Crippen molar-refractivity contribution in [2.24, 2.45) is 11.8 Å². The highest BCUT2D eigenvalue weighted by Crippen LogP contribution is 2.39. The highest BCUT2D eigenvalue weighted by atomic mass is 19.1. The Morgan fingerprint density at radius 3 is 2.52 bits per heavy atom. The maximum atomic E-state index is 14.2. The summed E-state index contributed by atoms with van der Waals surface area (Å²) in [5.74, 6) is -2.25. The Morgan fingerprint density at radius 1 is 1.11 bits per heavy atom. The van der Waals surface area contributed by atoms with Crippen molar-refractivity contribution in [3.8, 4) is 0 Å². The molecule has 12 nitrogen and oxygen atoms in total. The Bertz CT molecular complexity index is 1350. The minimum absolute atomic E-state index is 0.0480. The molecule has 2 heterocycles. The molecule has 3 aliphatic rings. The molecule has 5 atom stereocenters. The molecule has 1 saturated carbocycles. The number of fused-ring (bicyclic) bond motifs is 1. The molecule has 1 aliphatic carbocycles. The second-order valence-electron chi connectivity index (χ2n) is 13.2. The van der Waals surface area contributed by atoms with Crippen LogP contribution in [0.4, 0.5) is 14.0 Å². The maximum Gasteiger partial charge on any atom is 0.410 e. The van der Waals surface area contributed by atoms with Crippen LogP contribution in [-0.2, 0) is 36.9 Å². The SMILES string of the molecule is CNC(=O)[C@@H]1C[C@@H](OC(=O)N2Cc3cccc(F)c3C2)CN1C(=O)[C@H](CCCCC/C=C\[C@@H]1C[C@@H]1C(=O)O)NC(=O)OC(C)(C)C. The van der Waals surface area contributed by atoms with Gasteiger partial charge in [-0.05, 0) is 64.0 Å². The molecule has 0 aromatic heterocycles. The molecule has 3 N–H and O–H groups in total. The molecule has 0 unspecified atom stereocenters. The Kier molecular flexibility index (Phi) is 11.3. The van der Waals surface area contributed by atoms with Gasteiger partial charge < -0.3 is 30.1 Å². The standard InChI is InChI=1S/C33H45FN4O8/c1-33(2,3)46-31(43)36-26(14-9-7-5-6-8-11-20-15-23(20)30(41)42)29(40)38-18-22(16-27(38)28(39)35-4)45-32(44)37-17-21-12-10-13-25(34)24(21)19-37/h8,10-13,20,22-23,26-27H,5-7,9,14-19H2,1-4H3,(H,35,39)(H,36,43)(H,41,42)/b11-8-/t20-,22-,23+,26+,27+/m1/s1. The number of likely N-dealkylation sites (tertiary alicyclic amines) is 1. The monoisotopic (exact) mass is 644 g/mol. The molecule has 2 fully saturated rings. The van der Waals surface area contributed by atoms with Crippen molar-refractivity contribution < 1.29 is 42.9 Å². The quantitative estimate of drug-likeness (QED) is 0.227. The average molecular weight is 645 g/mol. The summed E-state index contributed by atoms with van der Waals surface area (Å²) in [7, 11) is 1.45. The lowest BCUT2D eigenvalue weighted by Crippen LogP contribution is -2.53. The average Bonchev–Trinajstić information content (AvgIpc) is 3.43. The van der Waals surface area contributed by atoms with Gasteiger partial charge in [0.1, 0.15) is 29.6 Å². The number of carboxylic acids is 1. The van der Waals surface area contributed by atoms with Crippen molar-refractivity contribution in [2.45, 2.75) is 103 Å². The van der Waals surface area contributed by atoms with Gasteiger partial charge in [0, 0.05) is 25.6 Å². The number of hydrogen-bond acceptors (Lipinski definition) is 7. The number of likely N-dealkylation sites (N-methyl/N-ethyl adjacent to an activating group) is 1. The maximum absolute atomic E-state index is 14.2. The molecule has 4 amide bonds. The Labute approximate surface area is 268 Å². The van der Waals surface area contributed by atoms with Crippen LogP contribution in [0.5, 0.6) is 0 Å². The molecular formula is C33H45FN4O8. The lowest BCUT2D eigenvalue weighted by molar-refractivity contribution is -0.140. The summed E-state index contributed by atoms with van der Waals surface area (Å²) >= 11 is 0. The fourth-order valence-electron chi connectivity index (χ4n) is 5.95. The van der Waals surface area contributed by atoms with Crippen molar-refractivity contribution in [1.82, 2.24) is 20.4 Å². The summed E-state index contributed by atoms with van der Waals surface area (Å²) in [6.07, 6.45) is 5.73. The fraction of sp³-hybridized carbons (Fsp3) is 0.606. The molecule has 1 aromatic rings. The van der Waals surface area contributed by atoms with E-state index in [1.165, 1.54) is 22.9 Å². The Balaban J connectivity index is 1.36. The largest absolute Gasteiger partial charge is 0.481 e. The van der Waals surface area contributed by atoms with E-state index in [1.807, 2.05) is 12.2 Å². The number of halogens is 1. The van der Waals surface area contributed by atoms with Gasteiger partial charge in [-0.1, -0.05) is 37.1 Å². The second kappa shape index (κ2) is 15.0. The molecule has 1 aromatic carbocycles. The van der Waals surface area contributed by atoms with Crippen molar-refractivity contribution in [2.75, 3.05) is 13.6 Å². The van der Waals surface area contributed by atoms with Gasteiger partial charge in [-0.25, -0.2) is 14.0 Å². The second-order valence-corrected chi connectivity index (χ2v) is 13.2. The molecule has 4 rings (SSSR count). The minimum Gasteiger partial charge on any atom is -0.481 e. The van der Waals surface area contributed by atoms with Crippen molar-refractivity contribution in [3.63, 3.8) is 0 Å². The van der Waals surface area contributed by atoms with Crippen molar-refractivity contribution in [3.05, 3.63) is 47.3 Å². The van der Waals surface area contributed by atoms with Gasteiger partial charge in [-0.15, -0.1) is 0 Å². The molecule has 0 bridgehead atoms. The molecule has 0 radical (unpaired) electrons. The van der Waals surface area contributed by atoms with E-state index in [1.54, 1.807) is 32.9 Å². The first-order valence-electron chi connectivity index (χ1n) is 15.9. The Hall–Kier alpha value is -4.16. The number of allylic oxidation sites excluding steroid dienone is 2. The van der Waals surface area contributed by atoms with Crippen LogP contribution in [0.3, 0.4) is 0 Å². The number of nitrogens with one attached hydrogen (secondary N) is 2. The number of rotatable bonds is 12. The number of carbonyl (C=O) groups is 5. The number of carboxylic acid groups (broad SMARTS) is 1. The van der Waals surface area contributed by atoms with Crippen LogP contribution in [0.2, 0.25) is 0 Å². The van der Waals surface area contributed by atoms with E-state index in [9.17, 15) is 28.4 Å². The van der Waals surface area contributed by atoms with Crippen LogP contribution >= 0.6 is 0 Å². The number of hydrogen-bond donors (Lipinski definition) is 3. The number of ether oxygens (including phenoxy) is 2. The lowest BCUT2D eigenvalue weighted by atomic mass is 10.0. The molecular weight excluding hydrogens is 599 g/mol. The number of alkyl carbamates (subject to hydrolysis) is 1. The van der Waals surface area contributed by atoms with Gasteiger partial charge in [0.2, 0.25) is 11.8 Å². The number of nitrogens with zero attached hydrogens (tertiary/aromatic N) is 2. The zero-order chi connectivity index (χ0) is 33.6. The zero-order valence-electron chi connectivity index (χ0n) is 26.9. The van der Waals surface area contributed by atoms with E-state index in [4.69, 9.17) is 14.6 Å². The molecule has 1 saturated heterocycles. The number of unbranched alkanes of at least 4 members (excludes halogenated alkanes) is 3. The zero-order valence-corrected chi connectivity index (χ0v) is 26.9. The predicted octanol–water partition coefficient (Wildman–Crippen LogP) is 4.11. The van der Waals surface area contributed by atoms with Gasteiger partial charge >= 0.3 is 18.2 Å². The van der Waals surface area contributed by atoms with Gasteiger partial charge in [-0.2, -0.15) is 0 Å². The van der Waals surface area contributed by atoms with Crippen LogP contribution in [0.25, 0.3) is 0 Å². The highest BCUT2D eigenvalue weighted by molar-refractivity contribution is 5.92. The topological polar surface area (TPSA) is 155 Å². The van der Waals surface area contributed by atoms with E-state index in [0.717, 1.165) is 19.3 Å². The number of amides is 4. The minimum atomic E-state index is -0.981. The summed E-state index contributed by atoms with van der Waals surface area (Å²) in [5, 5.41) is 14.3. The van der Waals surface area contributed by atoms with Crippen LogP contribution in [-0.4, -0.2) is 82.3 Å². The summed E-state index contributed by atoms with van der Waals surface area (Å²) in [6.45, 7) is 5.35. The van der Waals surface area contributed by atoms with E-state index in [0.29, 0.717) is 30.4 Å². The Morgan fingerprint density at radius 2 is 1.87 bits per heavy atom. The first-order valence-corrected chi connectivity index (χ1v) is 15.9. The lowest BCUT2D eigenvalue weighted by Gasteiger charge is -2.29. The summed E-state index contributed by atoms with van der Waals surface area (Å²) in [5.41, 5.74) is 0.346. The summed E-state index contributed by atoms with van der Waals surface area (Å²) in [6, 6.07) is 2.78. The highest BCUT2D eigenvalue weighted by Gasteiger charge is 2.44. The molecule has 46 heavy (non-hydrogen) atoms. The smallest absolute Gasteiger partial charge is 0.410 e. The number of aliphatic carboxylic acids is 1. The fourth-order valence-corrected chi connectivity index (χ4v) is 5.95. The molecule has 2 aliphatic heterocycles. The van der Waals surface area contributed by atoms with Gasteiger partial charge in [0.05, 0.1) is 19.0 Å². The van der Waals surface area contributed by atoms with E-state index in [-0.39, 0.29) is 37.9 Å². The van der Waals surface area contributed by atoms with Gasteiger partial charge in [0.25, 0.3) is 0 Å². The van der Waals surface area contributed by atoms with Crippen LogP contribution in [0.15, 0.2) is 30.4 Å². The molecule has 0 spiro atoms. The third-order valence-electron chi connectivity index (χ3n) is 8.44. The van der Waals surface area contributed by atoms with E-state index < -0.39 is 59.6 Å². The third kappa shape index (κ3) is 9.20. The number of benzene rings is 1. The third-order valence-corrected chi connectivity index (χ3v) is 8.44. The van der Waals surface area contributed by atoms with Crippen LogP contribution < -0.4 is 10.6 Å². The van der Waals surface area contributed by atoms with Gasteiger partial charge in [0.15, 0.2) is 0 Å². The van der Waals surface area contributed by atoms with Crippen LogP contribution in [0, 0.1) is 17.7 Å². The molecule has 252 valence electrons. The predicted molar refractivity (Wildman–Crippen MR) is 165 cm³/mol. The normalized spacial score (nSPS) is 22.7. The first-order chi connectivity index (χ1) is 21.8. The number of carbonyl (C=O) groups excluding carboxylic acids is 4. The van der Waals surface area contributed by atoms with Gasteiger partial charge in [-0.3, -0.25) is 19.3 Å². The van der Waals surface area contributed by atoms with E-state index >= 15 is 0 Å². The first kappa shape index (κ1) is 34.7. The summed E-state index contributed by atoms with van der Waals surface area (Å²) < 4.78 is 25.3. The van der Waals surface area contributed by atoms with Crippen LogP contribution in [0.1, 0.15) is 76.8 Å². The van der Waals surface area contributed by atoms with E-state index in [2.05, 4.69) is 10.6 Å². The molecule has 13 heteroatoms. The van der Waals surface area contributed by atoms with Crippen molar-refractivity contribution in [1.29, 1.82) is 0 Å².